The SMILES string of the molecule is Cc1c(C(N)=O)c(-c2cccc(O)c2)c(C)n1Cc1ccc2c(c1)OCO2. The van der Waals surface area contributed by atoms with Gasteiger partial charge in [-0.2, -0.15) is 0 Å². The summed E-state index contributed by atoms with van der Waals surface area (Å²) in [6.45, 7) is 4.62. The smallest absolute Gasteiger partial charge is 0.251 e. The van der Waals surface area contributed by atoms with Crippen LogP contribution in [0.25, 0.3) is 11.1 Å². The van der Waals surface area contributed by atoms with Crippen molar-refractivity contribution in [3.05, 3.63) is 65.0 Å². The third-order valence-electron chi connectivity index (χ3n) is 4.94. The fourth-order valence-electron chi connectivity index (χ4n) is 3.66. The Bertz CT molecular complexity index is 1050. The molecule has 0 unspecified atom stereocenters. The molecule has 0 spiro atoms. The quantitative estimate of drug-likeness (QED) is 0.743. The molecule has 0 bridgehead atoms. The number of hydrogen-bond donors (Lipinski definition) is 2. The normalized spacial score (nSPS) is 12.4. The predicted octanol–water partition coefficient (Wildman–Crippen LogP) is 3.35. The molecule has 6 heteroatoms. The van der Waals surface area contributed by atoms with Crippen molar-refractivity contribution < 1.29 is 19.4 Å². The molecule has 0 radical (unpaired) electrons. The first-order chi connectivity index (χ1) is 13.0. The molecule has 0 saturated carbocycles. The van der Waals surface area contributed by atoms with Gasteiger partial charge in [0.2, 0.25) is 6.79 Å². The Balaban J connectivity index is 1.82. The molecule has 4 rings (SSSR count). The number of fused-ring (bicyclic) bond motifs is 1. The van der Waals surface area contributed by atoms with Crippen LogP contribution in [0.4, 0.5) is 0 Å². The number of rotatable bonds is 4. The minimum Gasteiger partial charge on any atom is -0.508 e. The van der Waals surface area contributed by atoms with Crippen molar-refractivity contribution in [2.75, 3.05) is 6.79 Å². The van der Waals surface area contributed by atoms with E-state index in [1.807, 2.05) is 38.1 Å². The lowest BCUT2D eigenvalue weighted by Gasteiger charge is -2.11. The number of primary amides is 1. The average Bonchev–Trinajstić information content (AvgIpc) is 3.19. The van der Waals surface area contributed by atoms with Crippen LogP contribution in [0.15, 0.2) is 42.5 Å². The molecule has 2 aromatic carbocycles. The summed E-state index contributed by atoms with van der Waals surface area (Å²) in [5.41, 5.74) is 10.4. The summed E-state index contributed by atoms with van der Waals surface area (Å²) in [5.74, 6) is 1.11. The van der Waals surface area contributed by atoms with Crippen molar-refractivity contribution in [1.82, 2.24) is 4.57 Å². The highest BCUT2D eigenvalue weighted by Gasteiger charge is 2.23. The molecular weight excluding hydrogens is 344 g/mol. The number of phenolic OH excluding ortho intramolecular Hbond substituents is 1. The van der Waals surface area contributed by atoms with Gasteiger partial charge in [0.05, 0.1) is 5.56 Å². The van der Waals surface area contributed by atoms with Crippen molar-refractivity contribution in [2.24, 2.45) is 5.73 Å². The topological polar surface area (TPSA) is 86.7 Å². The fourth-order valence-corrected chi connectivity index (χ4v) is 3.66. The van der Waals surface area contributed by atoms with E-state index in [1.54, 1.807) is 18.2 Å². The van der Waals surface area contributed by atoms with Crippen LogP contribution in [0.1, 0.15) is 27.3 Å². The number of carbonyl (C=O) groups excluding carboxylic acids is 1. The van der Waals surface area contributed by atoms with Crippen molar-refractivity contribution >= 4 is 5.91 Å². The first kappa shape index (κ1) is 17.0. The number of ether oxygens (including phenoxy) is 2. The van der Waals surface area contributed by atoms with Crippen LogP contribution in [-0.2, 0) is 6.54 Å². The lowest BCUT2D eigenvalue weighted by molar-refractivity contribution is 0.1000. The van der Waals surface area contributed by atoms with Gasteiger partial charge in [-0.05, 0) is 49.2 Å². The van der Waals surface area contributed by atoms with Gasteiger partial charge >= 0.3 is 0 Å². The third kappa shape index (κ3) is 2.89. The van der Waals surface area contributed by atoms with Gasteiger partial charge in [0.1, 0.15) is 5.75 Å². The molecule has 1 aliphatic rings. The van der Waals surface area contributed by atoms with E-state index in [2.05, 4.69) is 4.57 Å². The summed E-state index contributed by atoms with van der Waals surface area (Å²) in [7, 11) is 0. The number of aromatic hydroxyl groups is 1. The van der Waals surface area contributed by atoms with Gasteiger partial charge in [0.25, 0.3) is 5.91 Å². The second-order valence-corrected chi connectivity index (χ2v) is 6.61. The largest absolute Gasteiger partial charge is 0.508 e. The zero-order valence-electron chi connectivity index (χ0n) is 15.2. The van der Waals surface area contributed by atoms with E-state index in [-0.39, 0.29) is 12.5 Å². The fraction of sp³-hybridized carbons (Fsp3) is 0.190. The Labute approximate surface area is 156 Å². The Kier molecular flexibility index (Phi) is 4.03. The Hall–Kier alpha value is -3.41. The van der Waals surface area contributed by atoms with E-state index in [4.69, 9.17) is 15.2 Å². The lowest BCUT2D eigenvalue weighted by atomic mass is 10.00. The van der Waals surface area contributed by atoms with Crippen LogP contribution in [0, 0.1) is 13.8 Å². The van der Waals surface area contributed by atoms with Gasteiger partial charge in [-0.25, -0.2) is 0 Å². The summed E-state index contributed by atoms with van der Waals surface area (Å²) in [6, 6.07) is 12.6. The maximum absolute atomic E-state index is 12.2. The molecule has 3 N–H and O–H groups in total. The molecule has 1 amide bonds. The van der Waals surface area contributed by atoms with Crippen LogP contribution in [0.5, 0.6) is 17.2 Å². The molecule has 6 nitrogen and oxygen atoms in total. The van der Waals surface area contributed by atoms with Crippen molar-refractivity contribution in [3.63, 3.8) is 0 Å². The minimum atomic E-state index is -0.488. The van der Waals surface area contributed by atoms with Crippen LogP contribution in [0.3, 0.4) is 0 Å². The first-order valence-corrected chi connectivity index (χ1v) is 8.63. The summed E-state index contributed by atoms with van der Waals surface area (Å²) in [4.78, 5) is 12.2. The number of nitrogens with zero attached hydrogens (tertiary/aromatic N) is 1. The highest BCUT2D eigenvalue weighted by atomic mass is 16.7. The van der Waals surface area contributed by atoms with Crippen molar-refractivity contribution in [1.29, 1.82) is 0 Å². The molecule has 138 valence electrons. The summed E-state index contributed by atoms with van der Waals surface area (Å²) in [6.07, 6.45) is 0. The molecule has 2 heterocycles. The van der Waals surface area contributed by atoms with Gasteiger partial charge in [-0.3, -0.25) is 4.79 Å². The Morgan fingerprint density at radius 2 is 1.89 bits per heavy atom. The monoisotopic (exact) mass is 364 g/mol. The number of amides is 1. The maximum atomic E-state index is 12.2. The Morgan fingerprint density at radius 3 is 2.63 bits per heavy atom. The highest BCUT2D eigenvalue weighted by molar-refractivity contribution is 6.02. The van der Waals surface area contributed by atoms with E-state index in [0.717, 1.165) is 39.6 Å². The van der Waals surface area contributed by atoms with Crippen LogP contribution >= 0.6 is 0 Å². The molecule has 0 fully saturated rings. The number of hydrogen-bond acceptors (Lipinski definition) is 4. The van der Waals surface area contributed by atoms with E-state index < -0.39 is 5.91 Å². The molecular formula is C21H20N2O4. The highest BCUT2D eigenvalue weighted by Crippen LogP contribution is 2.36. The number of nitrogens with two attached hydrogens (primary N) is 1. The van der Waals surface area contributed by atoms with E-state index in [9.17, 15) is 9.90 Å². The zero-order chi connectivity index (χ0) is 19.1. The molecule has 0 atom stereocenters. The molecule has 1 aromatic heterocycles. The van der Waals surface area contributed by atoms with Crippen LogP contribution in [0.2, 0.25) is 0 Å². The van der Waals surface area contributed by atoms with Gasteiger partial charge in [0.15, 0.2) is 11.5 Å². The summed E-state index contributed by atoms with van der Waals surface area (Å²) >= 11 is 0. The van der Waals surface area contributed by atoms with Gasteiger partial charge in [-0.15, -0.1) is 0 Å². The minimum absolute atomic E-state index is 0.142. The summed E-state index contributed by atoms with van der Waals surface area (Å²) < 4.78 is 12.9. The second-order valence-electron chi connectivity index (χ2n) is 6.61. The average molecular weight is 364 g/mol. The van der Waals surface area contributed by atoms with Crippen LogP contribution < -0.4 is 15.2 Å². The number of aromatic nitrogens is 1. The van der Waals surface area contributed by atoms with Gasteiger partial charge in [-0.1, -0.05) is 18.2 Å². The number of benzene rings is 2. The van der Waals surface area contributed by atoms with Crippen LogP contribution in [-0.4, -0.2) is 22.4 Å². The van der Waals surface area contributed by atoms with Crippen molar-refractivity contribution in [2.45, 2.75) is 20.4 Å². The Morgan fingerprint density at radius 1 is 1.11 bits per heavy atom. The predicted molar refractivity (Wildman–Crippen MR) is 101 cm³/mol. The molecule has 1 aliphatic heterocycles. The number of carbonyl (C=O) groups is 1. The first-order valence-electron chi connectivity index (χ1n) is 8.63. The van der Waals surface area contributed by atoms with Crippen molar-refractivity contribution in [3.8, 4) is 28.4 Å². The standard InChI is InChI=1S/C21H20N2O4/c1-12-19(15-4-3-5-16(24)9-15)20(21(22)25)13(2)23(12)10-14-6-7-17-18(8-14)27-11-26-17/h3-9,24H,10-11H2,1-2H3,(H2,22,25). The molecule has 0 saturated heterocycles. The maximum Gasteiger partial charge on any atom is 0.251 e. The van der Waals surface area contributed by atoms with Gasteiger partial charge < -0.3 is 24.9 Å². The summed E-state index contributed by atoms with van der Waals surface area (Å²) in [5, 5.41) is 9.85. The molecule has 0 aliphatic carbocycles. The van der Waals surface area contributed by atoms with E-state index >= 15 is 0 Å². The second kappa shape index (κ2) is 6.39. The van der Waals surface area contributed by atoms with Gasteiger partial charge in [0, 0.05) is 23.5 Å². The van der Waals surface area contributed by atoms with E-state index in [0.29, 0.717) is 12.1 Å². The van der Waals surface area contributed by atoms with E-state index in [1.165, 1.54) is 0 Å². The zero-order valence-corrected chi connectivity index (χ0v) is 15.2. The number of phenols is 1. The molecule has 3 aromatic rings. The lowest BCUT2D eigenvalue weighted by Crippen LogP contribution is -2.13. The molecule has 27 heavy (non-hydrogen) atoms. The third-order valence-corrected chi connectivity index (χ3v) is 4.94.